The Hall–Kier alpha value is -4.97. The molecule has 0 spiro atoms. The zero-order valence-electron chi connectivity index (χ0n) is 34.1. The summed E-state index contributed by atoms with van der Waals surface area (Å²) < 4.78 is 65.4. The summed E-state index contributed by atoms with van der Waals surface area (Å²) in [6.07, 6.45) is -2.39. The number of aliphatic hydroxyl groups is 1. The quantitative estimate of drug-likeness (QED) is 0.114. The molecule has 0 radical (unpaired) electrons. The van der Waals surface area contributed by atoms with Gasteiger partial charge >= 0.3 is 0 Å². The van der Waals surface area contributed by atoms with E-state index in [-0.39, 0.29) is 31.1 Å². The highest BCUT2D eigenvalue weighted by Crippen LogP contribution is 2.37. The van der Waals surface area contributed by atoms with Crippen LogP contribution in [-0.2, 0) is 40.5 Å². The van der Waals surface area contributed by atoms with Crippen LogP contribution in [0.1, 0.15) is 57.2 Å². The van der Waals surface area contributed by atoms with Crippen molar-refractivity contribution in [3.63, 3.8) is 0 Å². The molecule has 3 aromatic rings. The van der Waals surface area contributed by atoms with Gasteiger partial charge in [-0.3, -0.25) is 19.2 Å². The number of rotatable bonds is 20. The highest BCUT2D eigenvalue weighted by molar-refractivity contribution is 7.88. The molecule has 0 bridgehead atoms. The summed E-state index contributed by atoms with van der Waals surface area (Å²) in [5, 5.41) is 22.8. The number of carbonyl (C=O) groups excluding carboxylic acids is 4. The lowest BCUT2D eigenvalue weighted by Gasteiger charge is -2.30. The molecule has 0 heterocycles. The SMILES string of the molecule is CO[C@H](C[C@H](O)[C@H](COc1cc(F)cc(F)c1)NC(=O)[C@H]1C[C@@H](N(C)S(C)(=O)=O)C[C@@H]1C(=O)N[C@@H](C)c1ccccc1)C(=O)N[C@H](C(=O)NCc1ccccc1)C(C)C. The Morgan fingerprint density at radius 1 is 0.847 bits per heavy atom. The predicted molar refractivity (Wildman–Crippen MR) is 216 cm³/mol. The average molecular weight is 844 g/mol. The predicted octanol–water partition coefficient (Wildman–Crippen LogP) is 3.22. The van der Waals surface area contributed by atoms with Crippen molar-refractivity contribution >= 4 is 33.7 Å². The van der Waals surface area contributed by atoms with Gasteiger partial charge in [0.15, 0.2) is 0 Å². The number of nitrogens with one attached hydrogen (secondary N) is 4. The Morgan fingerprint density at radius 3 is 1.95 bits per heavy atom. The van der Waals surface area contributed by atoms with Crippen molar-refractivity contribution in [2.24, 2.45) is 17.8 Å². The van der Waals surface area contributed by atoms with E-state index in [2.05, 4.69) is 21.3 Å². The van der Waals surface area contributed by atoms with Crippen molar-refractivity contribution in [2.75, 3.05) is 27.0 Å². The van der Waals surface area contributed by atoms with Gasteiger partial charge < -0.3 is 35.8 Å². The maximum atomic E-state index is 14.2. The summed E-state index contributed by atoms with van der Waals surface area (Å²) in [6.45, 7) is 4.95. The first-order valence-corrected chi connectivity index (χ1v) is 21.2. The second-order valence-electron chi connectivity index (χ2n) is 15.3. The summed E-state index contributed by atoms with van der Waals surface area (Å²) in [7, 11) is -1.12. The Morgan fingerprint density at radius 2 is 1.41 bits per heavy atom. The summed E-state index contributed by atoms with van der Waals surface area (Å²) in [4.78, 5) is 54.8. The number of carbonyl (C=O) groups is 4. The lowest BCUT2D eigenvalue weighted by Crippen LogP contribution is -2.54. The molecule has 3 aromatic carbocycles. The number of halogens is 2. The molecule has 1 fully saturated rings. The van der Waals surface area contributed by atoms with Crippen LogP contribution in [0.2, 0.25) is 0 Å². The highest BCUT2D eigenvalue weighted by Gasteiger charge is 2.46. The lowest BCUT2D eigenvalue weighted by atomic mass is 9.92. The second kappa shape index (κ2) is 21.3. The first kappa shape index (κ1) is 46.7. The van der Waals surface area contributed by atoms with E-state index >= 15 is 0 Å². The molecule has 59 heavy (non-hydrogen) atoms. The molecule has 0 unspecified atom stereocenters. The second-order valence-corrected chi connectivity index (χ2v) is 17.3. The summed E-state index contributed by atoms with van der Waals surface area (Å²) in [5.41, 5.74) is 1.66. The minimum Gasteiger partial charge on any atom is -0.491 e. The number of methoxy groups -OCH3 is 1. The first-order valence-electron chi connectivity index (χ1n) is 19.4. The molecule has 1 aliphatic rings. The first-order chi connectivity index (χ1) is 27.9. The number of benzene rings is 3. The monoisotopic (exact) mass is 843 g/mol. The fourth-order valence-corrected chi connectivity index (χ4v) is 7.72. The van der Waals surface area contributed by atoms with Crippen LogP contribution in [0.3, 0.4) is 0 Å². The molecule has 0 aromatic heterocycles. The molecule has 322 valence electrons. The van der Waals surface area contributed by atoms with Crippen molar-refractivity contribution in [1.82, 2.24) is 25.6 Å². The minimum absolute atomic E-state index is 0.0170. The van der Waals surface area contributed by atoms with Crippen LogP contribution < -0.4 is 26.0 Å². The molecular formula is C42H55F2N5O9S. The molecule has 8 atom stereocenters. The van der Waals surface area contributed by atoms with E-state index in [4.69, 9.17) is 9.47 Å². The average Bonchev–Trinajstić information content (AvgIpc) is 3.65. The normalized spacial score (nSPS) is 19.3. The van der Waals surface area contributed by atoms with E-state index < -0.39 is 107 Å². The number of ether oxygens (including phenoxy) is 2. The van der Waals surface area contributed by atoms with E-state index in [0.717, 1.165) is 33.8 Å². The Bertz CT molecular complexity index is 1970. The van der Waals surface area contributed by atoms with Gasteiger partial charge in [0.2, 0.25) is 33.7 Å². The van der Waals surface area contributed by atoms with Crippen molar-refractivity contribution in [3.05, 3.63) is 102 Å². The van der Waals surface area contributed by atoms with Crippen molar-refractivity contribution in [2.45, 2.75) is 83.0 Å². The number of amides is 4. The van der Waals surface area contributed by atoms with E-state index in [9.17, 15) is 41.5 Å². The third-order valence-corrected chi connectivity index (χ3v) is 11.9. The van der Waals surface area contributed by atoms with Gasteiger partial charge in [-0.15, -0.1) is 0 Å². The topological polar surface area (TPSA) is 192 Å². The molecule has 0 saturated heterocycles. The minimum atomic E-state index is -3.72. The van der Waals surface area contributed by atoms with Crippen LogP contribution in [0.25, 0.3) is 0 Å². The Kier molecular flexibility index (Phi) is 16.9. The maximum Gasteiger partial charge on any atom is 0.249 e. The zero-order chi connectivity index (χ0) is 43.4. The van der Waals surface area contributed by atoms with E-state index in [1.807, 2.05) is 60.7 Å². The molecule has 1 saturated carbocycles. The van der Waals surface area contributed by atoms with Crippen molar-refractivity contribution in [1.29, 1.82) is 0 Å². The van der Waals surface area contributed by atoms with Crippen LogP contribution in [0.4, 0.5) is 8.78 Å². The standard InChI is InChI=1S/C42H55F2N5O9S/c1-25(2)38(42(54)45-23-27-13-9-7-10-14-27)48-41(53)37(57-5)22-36(50)35(24-58-32-18-29(43)17-30(44)19-32)47-40(52)34-21-31(49(4)59(6,55)56)20-33(34)39(51)46-26(3)28-15-11-8-12-16-28/h7-19,25-26,31,33-38,50H,20-24H2,1-6H3,(H,45,54)(H,46,51)(H,47,52)(H,48,53)/t26-,31-,33-,34-,35-,36-,37+,38-/m0/s1. The third-order valence-electron chi connectivity index (χ3n) is 10.6. The fourth-order valence-electron chi connectivity index (χ4n) is 7.01. The Balaban J connectivity index is 1.55. The van der Waals surface area contributed by atoms with Crippen LogP contribution in [0, 0.1) is 29.4 Å². The smallest absolute Gasteiger partial charge is 0.249 e. The van der Waals surface area contributed by atoms with Gasteiger partial charge in [-0.25, -0.2) is 21.5 Å². The molecule has 14 nitrogen and oxygen atoms in total. The van der Waals surface area contributed by atoms with Gasteiger partial charge in [-0.05, 0) is 36.8 Å². The van der Waals surface area contributed by atoms with Crippen LogP contribution in [0.15, 0.2) is 78.9 Å². The molecule has 5 N–H and O–H groups in total. The third kappa shape index (κ3) is 13.5. The highest BCUT2D eigenvalue weighted by atomic mass is 32.2. The van der Waals surface area contributed by atoms with Gasteiger partial charge in [-0.2, -0.15) is 0 Å². The van der Waals surface area contributed by atoms with Gasteiger partial charge in [0, 0.05) is 51.4 Å². The molecule has 4 amide bonds. The number of aliphatic hydroxyl groups excluding tert-OH is 1. The maximum absolute atomic E-state index is 14.2. The molecule has 0 aliphatic heterocycles. The zero-order valence-corrected chi connectivity index (χ0v) is 34.9. The number of hydrogen-bond donors (Lipinski definition) is 5. The number of hydrogen-bond acceptors (Lipinski definition) is 9. The molecule has 1 aliphatic carbocycles. The molecule has 4 rings (SSSR count). The van der Waals surface area contributed by atoms with Crippen LogP contribution >= 0.6 is 0 Å². The number of sulfonamides is 1. The summed E-state index contributed by atoms with van der Waals surface area (Å²) in [5.74, 6) is -6.94. The fraction of sp³-hybridized carbons (Fsp3) is 0.476. The van der Waals surface area contributed by atoms with E-state index in [0.29, 0.717) is 6.07 Å². The lowest BCUT2D eigenvalue weighted by molar-refractivity contribution is -0.138. The van der Waals surface area contributed by atoms with Gasteiger partial charge in [-0.1, -0.05) is 74.5 Å². The van der Waals surface area contributed by atoms with Gasteiger partial charge in [0.05, 0.1) is 36.3 Å². The van der Waals surface area contributed by atoms with Gasteiger partial charge in [0.1, 0.15) is 36.1 Å². The largest absolute Gasteiger partial charge is 0.491 e. The van der Waals surface area contributed by atoms with Crippen molar-refractivity contribution < 1.29 is 51.0 Å². The summed E-state index contributed by atoms with van der Waals surface area (Å²) >= 11 is 0. The van der Waals surface area contributed by atoms with Gasteiger partial charge in [0.25, 0.3) is 0 Å². The van der Waals surface area contributed by atoms with E-state index in [1.54, 1.807) is 20.8 Å². The Labute approximate surface area is 344 Å². The van der Waals surface area contributed by atoms with Crippen LogP contribution in [-0.4, -0.2) is 98.8 Å². The summed E-state index contributed by atoms with van der Waals surface area (Å²) in [6, 6.07) is 17.3. The molecular weight excluding hydrogens is 789 g/mol. The molecule has 17 heteroatoms. The van der Waals surface area contributed by atoms with Crippen LogP contribution in [0.5, 0.6) is 5.75 Å². The van der Waals surface area contributed by atoms with E-state index in [1.165, 1.54) is 14.2 Å². The van der Waals surface area contributed by atoms with Crippen molar-refractivity contribution in [3.8, 4) is 5.75 Å². The number of nitrogens with zero attached hydrogens (tertiary/aromatic N) is 1.